The molecule has 10 heteroatoms. The molecule has 0 saturated carbocycles. The number of halogens is 2. The number of hydrogen-bond donors (Lipinski definition) is 1. The van der Waals surface area contributed by atoms with E-state index in [2.05, 4.69) is 15.1 Å². The summed E-state index contributed by atoms with van der Waals surface area (Å²) in [5.41, 5.74) is 7.29. The van der Waals surface area contributed by atoms with Crippen molar-refractivity contribution in [2.45, 2.75) is 24.9 Å². The van der Waals surface area contributed by atoms with Gasteiger partial charge in [0.25, 0.3) is 6.43 Å². The smallest absolute Gasteiger partial charge is 0.325 e. The Morgan fingerprint density at radius 3 is 3.00 bits per heavy atom. The molecule has 7 nitrogen and oxygen atoms in total. The lowest BCUT2D eigenvalue weighted by atomic mass is 9.97. The molecule has 1 fully saturated rings. The van der Waals surface area contributed by atoms with Crippen LogP contribution in [0.4, 0.5) is 19.9 Å². The van der Waals surface area contributed by atoms with Gasteiger partial charge in [0.05, 0.1) is 35.9 Å². The van der Waals surface area contributed by atoms with E-state index < -0.39 is 6.43 Å². The third-order valence-corrected chi connectivity index (χ3v) is 5.85. The fourth-order valence-electron chi connectivity index (χ4n) is 3.64. The standard InChI is InChI=1S/C17H15F2N5O2S/c18-14(19)8-2-1-3-9(4-8)15-22-17(26-23-15)24-10-5-11-13(27-16(20)21-11)12(24)7-25-6-10/h1-4,10,12,14H,5-7H2,(H2,20,21). The third-order valence-electron chi connectivity index (χ3n) is 4.82. The van der Waals surface area contributed by atoms with Crippen molar-refractivity contribution in [2.75, 3.05) is 23.8 Å². The number of aromatic nitrogens is 3. The second-order valence-corrected chi connectivity index (χ2v) is 7.57. The molecule has 0 aliphatic carbocycles. The number of thiazole rings is 1. The zero-order valence-electron chi connectivity index (χ0n) is 14.0. The Labute approximate surface area is 156 Å². The number of nitrogens with two attached hydrogens (primary N) is 1. The molecule has 2 unspecified atom stereocenters. The molecule has 2 aromatic heterocycles. The van der Waals surface area contributed by atoms with Crippen LogP contribution in [0, 0.1) is 0 Å². The van der Waals surface area contributed by atoms with Crippen molar-refractivity contribution in [1.29, 1.82) is 0 Å². The number of morpholine rings is 1. The first kappa shape index (κ1) is 16.6. The van der Waals surface area contributed by atoms with Gasteiger partial charge in [0.15, 0.2) is 5.13 Å². The van der Waals surface area contributed by atoms with Gasteiger partial charge < -0.3 is 19.9 Å². The number of benzene rings is 1. The molecule has 2 aliphatic heterocycles. The van der Waals surface area contributed by atoms with E-state index in [4.69, 9.17) is 15.0 Å². The monoisotopic (exact) mass is 391 g/mol. The molecule has 4 heterocycles. The number of fused-ring (bicyclic) bond motifs is 4. The highest BCUT2D eigenvalue weighted by Gasteiger charge is 2.42. The van der Waals surface area contributed by atoms with Crippen molar-refractivity contribution in [1.82, 2.24) is 15.1 Å². The second kappa shape index (κ2) is 6.24. The van der Waals surface area contributed by atoms with Crippen LogP contribution in [0.5, 0.6) is 0 Å². The van der Waals surface area contributed by atoms with Gasteiger partial charge in [0, 0.05) is 17.5 Å². The Morgan fingerprint density at radius 1 is 1.26 bits per heavy atom. The van der Waals surface area contributed by atoms with Gasteiger partial charge >= 0.3 is 6.01 Å². The zero-order chi connectivity index (χ0) is 18.5. The Hall–Kier alpha value is -2.59. The fourth-order valence-corrected chi connectivity index (χ4v) is 4.59. The lowest BCUT2D eigenvalue weighted by Gasteiger charge is -2.43. The number of anilines is 2. The van der Waals surface area contributed by atoms with Crippen LogP contribution in [0.2, 0.25) is 0 Å². The minimum absolute atomic E-state index is 0.0125. The van der Waals surface area contributed by atoms with E-state index in [0.717, 1.165) is 10.6 Å². The van der Waals surface area contributed by atoms with Crippen molar-refractivity contribution >= 4 is 22.5 Å². The van der Waals surface area contributed by atoms with Gasteiger partial charge in [0.2, 0.25) is 5.82 Å². The maximum absolute atomic E-state index is 13.0. The zero-order valence-corrected chi connectivity index (χ0v) is 14.8. The van der Waals surface area contributed by atoms with Crippen LogP contribution in [0.1, 0.15) is 28.6 Å². The van der Waals surface area contributed by atoms with Gasteiger partial charge in [-0.15, -0.1) is 0 Å². The summed E-state index contributed by atoms with van der Waals surface area (Å²) in [7, 11) is 0. The molecule has 3 aromatic rings. The summed E-state index contributed by atoms with van der Waals surface area (Å²) in [5.74, 6) is 0.279. The molecular formula is C17H15F2N5O2S. The van der Waals surface area contributed by atoms with Crippen molar-refractivity contribution in [3.8, 4) is 11.4 Å². The van der Waals surface area contributed by atoms with Crippen LogP contribution in [0.25, 0.3) is 11.4 Å². The van der Waals surface area contributed by atoms with Gasteiger partial charge in [-0.1, -0.05) is 34.7 Å². The van der Waals surface area contributed by atoms with Crippen molar-refractivity contribution in [3.05, 3.63) is 40.4 Å². The van der Waals surface area contributed by atoms with Gasteiger partial charge in [-0.3, -0.25) is 0 Å². The molecule has 1 aromatic carbocycles. The number of rotatable bonds is 3. The third kappa shape index (κ3) is 2.76. The quantitative estimate of drug-likeness (QED) is 0.733. The normalized spacial score (nSPS) is 21.5. The molecule has 2 atom stereocenters. The minimum Gasteiger partial charge on any atom is -0.377 e. The van der Waals surface area contributed by atoms with Crippen LogP contribution in [-0.4, -0.2) is 34.4 Å². The summed E-state index contributed by atoms with van der Waals surface area (Å²) < 4.78 is 37.1. The van der Waals surface area contributed by atoms with Gasteiger partial charge in [0.1, 0.15) is 0 Å². The summed E-state index contributed by atoms with van der Waals surface area (Å²) >= 11 is 1.44. The van der Waals surface area contributed by atoms with Crippen LogP contribution < -0.4 is 10.6 Å². The number of ether oxygens (including phenoxy) is 1. The first-order valence-corrected chi connectivity index (χ1v) is 9.25. The van der Waals surface area contributed by atoms with Crippen molar-refractivity contribution in [3.63, 3.8) is 0 Å². The van der Waals surface area contributed by atoms with Crippen molar-refractivity contribution in [2.24, 2.45) is 0 Å². The highest BCUT2D eigenvalue weighted by molar-refractivity contribution is 7.15. The Balaban J connectivity index is 1.50. The predicted octanol–water partition coefficient (Wildman–Crippen LogP) is 3.22. The Morgan fingerprint density at radius 2 is 2.15 bits per heavy atom. The van der Waals surface area contributed by atoms with Gasteiger partial charge in [-0.05, 0) is 6.07 Å². The highest BCUT2D eigenvalue weighted by Crippen LogP contribution is 2.42. The molecule has 2 N–H and O–H groups in total. The lowest BCUT2D eigenvalue weighted by molar-refractivity contribution is 0.0570. The van der Waals surface area contributed by atoms with Crippen LogP contribution in [-0.2, 0) is 11.2 Å². The van der Waals surface area contributed by atoms with Crippen molar-refractivity contribution < 1.29 is 18.0 Å². The van der Waals surface area contributed by atoms with E-state index in [1.807, 2.05) is 4.90 Å². The molecule has 2 bridgehead atoms. The first-order chi connectivity index (χ1) is 13.1. The molecule has 0 radical (unpaired) electrons. The van der Waals surface area contributed by atoms with Crippen LogP contribution >= 0.6 is 11.3 Å². The maximum atomic E-state index is 13.0. The molecule has 5 rings (SSSR count). The van der Waals surface area contributed by atoms with E-state index in [0.29, 0.717) is 36.3 Å². The summed E-state index contributed by atoms with van der Waals surface area (Å²) in [6.07, 6.45) is -1.87. The second-order valence-electron chi connectivity index (χ2n) is 6.51. The van der Waals surface area contributed by atoms with E-state index in [1.165, 1.54) is 23.5 Å². The van der Waals surface area contributed by atoms with E-state index in [9.17, 15) is 8.78 Å². The fraction of sp³-hybridized carbons (Fsp3) is 0.353. The molecule has 0 spiro atoms. The van der Waals surface area contributed by atoms with Gasteiger partial charge in [-0.25, -0.2) is 13.8 Å². The Bertz CT molecular complexity index is 991. The summed E-state index contributed by atoms with van der Waals surface area (Å²) in [6, 6.07) is 6.26. The summed E-state index contributed by atoms with van der Waals surface area (Å²) in [5, 5.41) is 4.53. The van der Waals surface area contributed by atoms with Gasteiger partial charge in [-0.2, -0.15) is 4.98 Å². The molecular weight excluding hydrogens is 376 g/mol. The molecule has 27 heavy (non-hydrogen) atoms. The van der Waals surface area contributed by atoms with Crippen LogP contribution in [0.3, 0.4) is 0 Å². The Kier molecular flexibility index (Phi) is 3.83. The SMILES string of the molecule is Nc1nc2c(s1)C1COCC(C2)N1c1nc(-c2cccc(C(F)F)c2)no1. The number of alkyl halides is 2. The lowest BCUT2D eigenvalue weighted by Crippen LogP contribution is -2.51. The molecule has 140 valence electrons. The van der Waals surface area contributed by atoms with Crippen LogP contribution in [0.15, 0.2) is 28.8 Å². The average molecular weight is 391 g/mol. The maximum Gasteiger partial charge on any atom is 0.325 e. The largest absolute Gasteiger partial charge is 0.377 e. The predicted molar refractivity (Wildman–Crippen MR) is 94.7 cm³/mol. The highest BCUT2D eigenvalue weighted by atomic mass is 32.1. The minimum atomic E-state index is -2.55. The summed E-state index contributed by atoms with van der Waals surface area (Å²) in [6.45, 7) is 0.996. The van der Waals surface area contributed by atoms with E-state index >= 15 is 0 Å². The first-order valence-electron chi connectivity index (χ1n) is 8.43. The molecule has 1 saturated heterocycles. The van der Waals surface area contributed by atoms with E-state index in [1.54, 1.807) is 12.1 Å². The average Bonchev–Trinajstić information content (AvgIpc) is 3.28. The molecule has 2 aliphatic rings. The van der Waals surface area contributed by atoms with E-state index in [-0.39, 0.29) is 23.5 Å². The number of nitrogen functional groups attached to an aromatic ring is 1. The number of nitrogens with zero attached hydrogens (tertiary/aromatic N) is 4. The summed E-state index contributed by atoms with van der Waals surface area (Å²) in [4.78, 5) is 12.0. The topological polar surface area (TPSA) is 90.3 Å². The number of hydrogen-bond acceptors (Lipinski definition) is 8. The molecule has 0 amide bonds.